The lowest BCUT2D eigenvalue weighted by Crippen LogP contribution is -1.93. The number of hydrogen-bond donors (Lipinski definition) is 1. The average Bonchev–Trinajstić information content (AvgIpc) is 2.43. The number of rotatable bonds is 4. The van der Waals surface area contributed by atoms with Crippen molar-refractivity contribution < 1.29 is 4.74 Å². The first kappa shape index (κ1) is 13.7. The van der Waals surface area contributed by atoms with E-state index in [4.69, 9.17) is 27.9 Å². The molecule has 0 amide bonds. The first-order valence-corrected chi connectivity index (χ1v) is 6.33. The molecule has 0 saturated heterocycles. The molecule has 0 atom stereocenters. The lowest BCUT2D eigenvalue weighted by molar-refractivity contribution is 0.414. The minimum atomic E-state index is 0.485. The van der Waals surface area contributed by atoms with E-state index in [0.717, 1.165) is 17.0 Å². The predicted octanol–water partition coefficient (Wildman–Crippen LogP) is 4.45. The van der Waals surface area contributed by atoms with Crippen LogP contribution >= 0.6 is 23.2 Å². The summed E-state index contributed by atoms with van der Waals surface area (Å²) in [4.78, 5) is 0. The zero-order valence-corrected chi connectivity index (χ0v) is 11.7. The molecule has 2 rings (SSSR count). The highest BCUT2D eigenvalue weighted by Gasteiger charge is 1.99. The second-order valence-corrected chi connectivity index (χ2v) is 4.56. The van der Waals surface area contributed by atoms with E-state index in [1.54, 1.807) is 31.5 Å². The number of para-hydroxylation sites is 1. The molecule has 2 aromatic rings. The van der Waals surface area contributed by atoms with Gasteiger partial charge in [-0.25, -0.2) is 0 Å². The molecular formula is C14H12Cl2N2O. The van der Waals surface area contributed by atoms with Crippen molar-refractivity contribution in [3.63, 3.8) is 0 Å². The number of nitrogens with zero attached hydrogens (tertiary/aromatic N) is 1. The zero-order valence-electron chi connectivity index (χ0n) is 10.2. The summed E-state index contributed by atoms with van der Waals surface area (Å²) in [6.45, 7) is 0. The summed E-state index contributed by atoms with van der Waals surface area (Å²) in [6, 6.07) is 12.8. The number of anilines is 1. The molecule has 0 radical (unpaired) electrons. The average molecular weight is 295 g/mol. The number of hydrogen-bond acceptors (Lipinski definition) is 3. The largest absolute Gasteiger partial charge is 0.496 e. The van der Waals surface area contributed by atoms with Gasteiger partial charge in [-0.05, 0) is 30.3 Å². The van der Waals surface area contributed by atoms with Crippen LogP contribution in [0.2, 0.25) is 10.0 Å². The Morgan fingerprint density at radius 1 is 1.11 bits per heavy atom. The third-order valence-electron chi connectivity index (χ3n) is 2.46. The van der Waals surface area contributed by atoms with E-state index >= 15 is 0 Å². The van der Waals surface area contributed by atoms with Gasteiger partial charge in [0.25, 0.3) is 0 Å². The standard InChI is InChI=1S/C14H12Cl2N2O/c1-19-14-5-3-2-4-10(14)9-17-18-11-6-7-12(15)13(16)8-11/h2-9,18H,1H3. The van der Waals surface area contributed by atoms with Crippen molar-refractivity contribution in [2.45, 2.75) is 0 Å². The summed E-state index contributed by atoms with van der Waals surface area (Å²) in [5.41, 5.74) is 4.53. The van der Waals surface area contributed by atoms with Gasteiger partial charge in [-0.15, -0.1) is 0 Å². The van der Waals surface area contributed by atoms with Crippen molar-refractivity contribution >= 4 is 35.1 Å². The van der Waals surface area contributed by atoms with Crippen LogP contribution in [0.1, 0.15) is 5.56 Å². The molecule has 98 valence electrons. The molecule has 5 heteroatoms. The Bertz CT molecular complexity index is 600. The molecule has 0 unspecified atom stereocenters. The Hall–Kier alpha value is -1.71. The van der Waals surface area contributed by atoms with E-state index in [9.17, 15) is 0 Å². The first-order chi connectivity index (χ1) is 9.20. The summed E-state index contributed by atoms with van der Waals surface area (Å²) in [6.07, 6.45) is 1.68. The minimum absolute atomic E-state index is 0.485. The van der Waals surface area contributed by atoms with Gasteiger partial charge in [0, 0.05) is 5.56 Å². The summed E-state index contributed by atoms with van der Waals surface area (Å²) in [7, 11) is 1.62. The van der Waals surface area contributed by atoms with E-state index in [0.29, 0.717) is 10.0 Å². The maximum atomic E-state index is 5.91. The molecule has 0 aliphatic carbocycles. The van der Waals surface area contributed by atoms with Crippen molar-refractivity contribution in [3.8, 4) is 5.75 Å². The molecular weight excluding hydrogens is 283 g/mol. The molecule has 1 N–H and O–H groups in total. The molecule has 0 saturated carbocycles. The summed E-state index contributed by atoms with van der Waals surface area (Å²) in [5.74, 6) is 0.766. The van der Waals surface area contributed by atoms with Crippen LogP contribution in [0.15, 0.2) is 47.6 Å². The smallest absolute Gasteiger partial charge is 0.127 e. The Balaban J connectivity index is 2.09. The number of methoxy groups -OCH3 is 1. The van der Waals surface area contributed by atoms with Crippen LogP contribution in [0.5, 0.6) is 5.75 Å². The lowest BCUT2D eigenvalue weighted by Gasteiger charge is -2.04. The topological polar surface area (TPSA) is 33.6 Å². The molecule has 0 aromatic heterocycles. The van der Waals surface area contributed by atoms with E-state index in [-0.39, 0.29) is 0 Å². The van der Waals surface area contributed by atoms with E-state index in [1.165, 1.54) is 0 Å². The summed E-state index contributed by atoms with van der Waals surface area (Å²) >= 11 is 11.7. The van der Waals surface area contributed by atoms with Crippen molar-refractivity contribution in [2.24, 2.45) is 5.10 Å². The lowest BCUT2D eigenvalue weighted by atomic mass is 10.2. The molecule has 0 aliphatic heterocycles. The number of halogens is 2. The SMILES string of the molecule is COc1ccccc1C=NNc1ccc(Cl)c(Cl)c1. The van der Waals surface area contributed by atoms with Crippen LogP contribution < -0.4 is 10.2 Å². The highest BCUT2D eigenvalue weighted by molar-refractivity contribution is 6.42. The third-order valence-corrected chi connectivity index (χ3v) is 3.19. The maximum Gasteiger partial charge on any atom is 0.127 e. The van der Waals surface area contributed by atoms with Crippen molar-refractivity contribution in [1.82, 2.24) is 0 Å². The van der Waals surface area contributed by atoms with Gasteiger partial charge in [0.1, 0.15) is 5.75 Å². The summed E-state index contributed by atoms with van der Waals surface area (Å²) in [5, 5.41) is 5.13. The van der Waals surface area contributed by atoms with E-state index in [1.807, 2.05) is 24.3 Å². The zero-order chi connectivity index (χ0) is 13.7. The normalized spacial score (nSPS) is 10.7. The second kappa shape index (κ2) is 6.45. The Morgan fingerprint density at radius 2 is 1.89 bits per heavy atom. The van der Waals surface area contributed by atoms with Crippen LogP contribution in [0.3, 0.4) is 0 Å². The van der Waals surface area contributed by atoms with Gasteiger partial charge in [-0.3, -0.25) is 5.43 Å². The van der Waals surface area contributed by atoms with Crippen LogP contribution in [0.4, 0.5) is 5.69 Å². The number of benzene rings is 2. The fourth-order valence-corrected chi connectivity index (χ4v) is 1.81. The predicted molar refractivity (Wildman–Crippen MR) is 80.7 cm³/mol. The molecule has 0 aliphatic rings. The summed E-state index contributed by atoms with van der Waals surface area (Å²) < 4.78 is 5.23. The number of hydrazone groups is 1. The Labute approximate surface area is 121 Å². The fourth-order valence-electron chi connectivity index (χ4n) is 1.52. The van der Waals surface area contributed by atoms with E-state index < -0.39 is 0 Å². The van der Waals surface area contributed by atoms with Crippen molar-refractivity contribution in [1.29, 1.82) is 0 Å². The molecule has 3 nitrogen and oxygen atoms in total. The van der Waals surface area contributed by atoms with Gasteiger partial charge in [0.15, 0.2) is 0 Å². The van der Waals surface area contributed by atoms with Crippen molar-refractivity contribution in [3.05, 3.63) is 58.1 Å². The molecule has 0 fully saturated rings. The number of ether oxygens (including phenoxy) is 1. The van der Waals surface area contributed by atoms with Crippen LogP contribution in [0.25, 0.3) is 0 Å². The van der Waals surface area contributed by atoms with Crippen LogP contribution in [0, 0.1) is 0 Å². The van der Waals surface area contributed by atoms with Crippen LogP contribution in [-0.2, 0) is 0 Å². The quantitative estimate of drug-likeness (QED) is 0.668. The van der Waals surface area contributed by atoms with Crippen LogP contribution in [-0.4, -0.2) is 13.3 Å². The van der Waals surface area contributed by atoms with E-state index in [2.05, 4.69) is 10.5 Å². The van der Waals surface area contributed by atoms with Crippen molar-refractivity contribution in [2.75, 3.05) is 12.5 Å². The van der Waals surface area contributed by atoms with Gasteiger partial charge >= 0.3 is 0 Å². The monoisotopic (exact) mass is 294 g/mol. The highest BCUT2D eigenvalue weighted by atomic mass is 35.5. The molecule has 0 heterocycles. The first-order valence-electron chi connectivity index (χ1n) is 5.58. The fraction of sp³-hybridized carbons (Fsp3) is 0.0714. The maximum absolute atomic E-state index is 5.91. The second-order valence-electron chi connectivity index (χ2n) is 3.74. The minimum Gasteiger partial charge on any atom is -0.496 e. The molecule has 2 aromatic carbocycles. The van der Waals surface area contributed by atoms with Gasteiger partial charge in [-0.2, -0.15) is 5.10 Å². The highest BCUT2D eigenvalue weighted by Crippen LogP contribution is 2.25. The Morgan fingerprint density at radius 3 is 2.63 bits per heavy atom. The Kier molecular flexibility index (Phi) is 4.66. The van der Waals surface area contributed by atoms with Gasteiger partial charge in [-0.1, -0.05) is 35.3 Å². The third kappa shape index (κ3) is 3.63. The molecule has 0 bridgehead atoms. The molecule has 0 spiro atoms. The van der Waals surface area contributed by atoms with Gasteiger partial charge in [0.05, 0.1) is 29.1 Å². The van der Waals surface area contributed by atoms with Gasteiger partial charge < -0.3 is 4.74 Å². The van der Waals surface area contributed by atoms with Gasteiger partial charge in [0.2, 0.25) is 0 Å². The number of nitrogens with one attached hydrogen (secondary N) is 1. The molecule has 19 heavy (non-hydrogen) atoms.